The Bertz CT molecular complexity index is 204. The van der Waals surface area contributed by atoms with Gasteiger partial charge in [-0.3, -0.25) is 4.79 Å². The molecule has 0 aliphatic heterocycles. The Morgan fingerprint density at radius 2 is 1.69 bits per heavy atom. The Morgan fingerprint density at radius 1 is 1.15 bits per heavy atom. The maximum atomic E-state index is 10.7. The van der Waals surface area contributed by atoms with Gasteiger partial charge in [0.2, 0.25) is 0 Å². The van der Waals surface area contributed by atoms with Crippen LogP contribution in [-0.4, -0.2) is 17.0 Å². The number of aliphatic hydroxyl groups is 1. The molecule has 1 unspecified atom stereocenters. The van der Waals surface area contributed by atoms with Crippen molar-refractivity contribution in [2.24, 2.45) is 0 Å². The molecule has 0 fully saturated rings. The largest absolute Gasteiger partial charge is 0.392 e. The fourth-order valence-corrected chi connectivity index (χ4v) is 1.23. The zero-order valence-electron chi connectivity index (χ0n) is 9.05. The average molecular weight is 184 g/mol. The second-order valence-corrected chi connectivity index (χ2v) is 3.68. The van der Waals surface area contributed by atoms with Crippen molar-refractivity contribution in [3.8, 4) is 0 Å². The number of carbonyl (C=O) groups excluding carboxylic acids is 1. The van der Waals surface area contributed by atoms with E-state index in [-0.39, 0.29) is 12.2 Å². The topological polar surface area (TPSA) is 37.3 Å². The Hall–Kier alpha value is -0.630. The number of ketones is 1. The fourth-order valence-electron chi connectivity index (χ4n) is 1.23. The number of aliphatic hydroxyl groups excluding tert-OH is 1. The van der Waals surface area contributed by atoms with Crippen molar-refractivity contribution in [1.82, 2.24) is 0 Å². The standard InChI is InChI=1S/C11H20O2/c1-5-8(2)9(3)6-11(13)7-10(4)12/h11,13H,5-7H2,1-4H3/b9-8+. The molecule has 76 valence electrons. The monoisotopic (exact) mass is 184 g/mol. The van der Waals surface area contributed by atoms with Gasteiger partial charge in [-0.1, -0.05) is 18.1 Å². The van der Waals surface area contributed by atoms with Gasteiger partial charge in [-0.2, -0.15) is 0 Å². The molecule has 0 saturated heterocycles. The third-order valence-corrected chi connectivity index (χ3v) is 2.32. The highest BCUT2D eigenvalue weighted by atomic mass is 16.3. The maximum absolute atomic E-state index is 10.7. The van der Waals surface area contributed by atoms with Crippen molar-refractivity contribution in [2.45, 2.75) is 53.1 Å². The molecule has 0 spiro atoms. The Kier molecular flexibility index (Phi) is 5.63. The van der Waals surface area contributed by atoms with Gasteiger partial charge in [-0.25, -0.2) is 0 Å². The van der Waals surface area contributed by atoms with Crippen LogP contribution in [0.3, 0.4) is 0 Å². The molecule has 2 heteroatoms. The lowest BCUT2D eigenvalue weighted by atomic mass is 10.0. The smallest absolute Gasteiger partial charge is 0.132 e. The van der Waals surface area contributed by atoms with E-state index in [0.717, 1.165) is 6.42 Å². The molecule has 0 saturated carbocycles. The molecule has 0 aromatic rings. The summed E-state index contributed by atoms with van der Waals surface area (Å²) in [4.78, 5) is 10.7. The van der Waals surface area contributed by atoms with E-state index in [1.54, 1.807) is 0 Å². The lowest BCUT2D eigenvalue weighted by Gasteiger charge is -2.11. The summed E-state index contributed by atoms with van der Waals surface area (Å²) in [5.74, 6) is 0.0504. The van der Waals surface area contributed by atoms with Gasteiger partial charge in [-0.05, 0) is 33.6 Å². The molecule has 2 nitrogen and oxygen atoms in total. The number of hydrogen-bond acceptors (Lipinski definition) is 2. The molecule has 0 aliphatic rings. The third-order valence-electron chi connectivity index (χ3n) is 2.32. The highest BCUT2D eigenvalue weighted by Gasteiger charge is 2.08. The summed E-state index contributed by atoms with van der Waals surface area (Å²) in [5.41, 5.74) is 2.51. The molecule has 0 aromatic carbocycles. The van der Waals surface area contributed by atoms with E-state index in [1.807, 2.05) is 6.92 Å². The van der Waals surface area contributed by atoms with Crippen LogP contribution in [0.25, 0.3) is 0 Å². The van der Waals surface area contributed by atoms with Crippen molar-refractivity contribution in [1.29, 1.82) is 0 Å². The summed E-state index contributed by atoms with van der Waals surface area (Å²) in [7, 11) is 0. The molecule has 0 amide bonds. The predicted octanol–water partition coefficient (Wildman–Crippen LogP) is 2.46. The van der Waals surface area contributed by atoms with Crippen LogP contribution in [0.4, 0.5) is 0 Å². The van der Waals surface area contributed by atoms with Gasteiger partial charge in [0.15, 0.2) is 0 Å². The van der Waals surface area contributed by atoms with Crippen molar-refractivity contribution in [3.05, 3.63) is 11.1 Å². The molecular formula is C11H20O2. The lowest BCUT2D eigenvalue weighted by molar-refractivity contribution is -0.118. The molecule has 1 N–H and O–H groups in total. The van der Waals surface area contributed by atoms with Gasteiger partial charge in [-0.15, -0.1) is 0 Å². The quantitative estimate of drug-likeness (QED) is 0.666. The van der Waals surface area contributed by atoms with Gasteiger partial charge >= 0.3 is 0 Å². The number of Topliss-reactive ketones (excluding diaryl/α,β-unsaturated/α-hetero) is 1. The fraction of sp³-hybridized carbons (Fsp3) is 0.727. The van der Waals surface area contributed by atoms with Gasteiger partial charge in [0.25, 0.3) is 0 Å². The Balaban J connectivity index is 4.05. The van der Waals surface area contributed by atoms with Crippen molar-refractivity contribution in [2.75, 3.05) is 0 Å². The zero-order valence-corrected chi connectivity index (χ0v) is 9.05. The molecule has 0 radical (unpaired) electrons. The molecule has 13 heavy (non-hydrogen) atoms. The van der Waals surface area contributed by atoms with E-state index in [9.17, 15) is 9.90 Å². The minimum Gasteiger partial charge on any atom is -0.392 e. The number of carbonyl (C=O) groups is 1. The first-order chi connectivity index (χ1) is 5.97. The average Bonchev–Trinajstić information content (AvgIpc) is 2.01. The van der Waals surface area contributed by atoms with Crippen LogP contribution < -0.4 is 0 Å². The van der Waals surface area contributed by atoms with Crippen molar-refractivity contribution in [3.63, 3.8) is 0 Å². The number of allylic oxidation sites excluding steroid dienone is 1. The lowest BCUT2D eigenvalue weighted by Crippen LogP contribution is -2.11. The molecular weight excluding hydrogens is 164 g/mol. The highest BCUT2D eigenvalue weighted by Crippen LogP contribution is 2.14. The van der Waals surface area contributed by atoms with Gasteiger partial charge in [0.1, 0.15) is 5.78 Å². The molecule has 0 bridgehead atoms. The molecule has 0 rings (SSSR count). The van der Waals surface area contributed by atoms with E-state index in [4.69, 9.17) is 0 Å². The van der Waals surface area contributed by atoms with E-state index in [1.165, 1.54) is 18.1 Å². The van der Waals surface area contributed by atoms with Crippen molar-refractivity contribution < 1.29 is 9.90 Å². The summed E-state index contributed by atoms with van der Waals surface area (Å²) < 4.78 is 0. The summed E-state index contributed by atoms with van der Waals surface area (Å²) in [6.07, 6.45) is 1.41. The molecule has 0 aromatic heterocycles. The zero-order chi connectivity index (χ0) is 10.4. The van der Waals surface area contributed by atoms with E-state index in [0.29, 0.717) is 6.42 Å². The van der Waals surface area contributed by atoms with E-state index < -0.39 is 6.10 Å². The van der Waals surface area contributed by atoms with Crippen molar-refractivity contribution >= 4 is 5.78 Å². The Labute approximate surface area is 80.7 Å². The number of hydrogen-bond donors (Lipinski definition) is 1. The van der Waals surface area contributed by atoms with Crippen LogP contribution in [-0.2, 0) is 4.79 Å². The molecule has 1 atom stereocenters. The second kappa shape index (κ2) is 5.92. The molecule has 0 heterocycles. The maximum Gasteiger partial charge on any atom is 0.132 e. The van der Waals surface area contributed by atoms with Gasteiger partial charge in [0, 0.05) is 6.42 Å². The van der Waals surface area contributed by atoms with Gasteiger partial charge < -0.3 is 5.11 Å². The van der Waals surface area contributed by atoms with Crippen LogP contribution in [0.15, 0.2) is 11.1 Å². The predicted molar refractivity (Wildman–Crippen MR) is 54.6 cm³/mol. The minimum atomic E-state index is -0.501. The summed E-state index contributed by atoms with van der Waals surface area (Å²) >= 11 is 0. The highest BCUT2D eigenvalue weighted by molar-refractivity contribution is 5.75. The second-order valence-electron chi connectivity index (χ2n) is 3.68. The minimum absolute atomic E-state index is 0.0504. The first-order valence-electron chi connectivity index (χ1n) is 4.80. The van der Waals surface area contributed by atoms with Crippen LogP contribution in [0, 0.1) is 0 Å². The van der Waals surface area contributed by atoms with Crippen LogP contribution in [0.5, 0.6) is 0 Å². The van der Waals surface area contributed by atoms with E-state index >= 15 is 0 Å². The first-order valence-corrected chi connectivity index (χ1v) is 4.80. The molecule has 0 aliphatic carbocycles. The summed E-state index contributed by atoms with van der Waals surface area (Å²) in [6, 6.07) is 0. The third kappa shape index (κ3) is 5.58. The first kappa shape index (κ1) is 12.4. The number of rotatable bonds is 5. The van der Waals surface area contributed by atoms with Crippen LogP contribution in [0.1, 0.15) is 47.0 Å². The van der Waals surface area contributed by atoms with Crippen LogP contribution >= 0.6 is 0 Å². The van der Waals surface area contributed by atoms with Crippen LogP contribution in [0.2, 0.25) is 0 Å². The summed E-state index contributed by atoms with van der Waals surface area (Å²) in [5, 5.41) is 9.48. The van der Waals surface area contributed by atoms with Gasteiger partial charge in [0.05, 0.1) is 6.10 Å². The SMILES string of the molecule is CC/C(C)=C(\C)CC(O)CC(C)=O. The normalized spacial score (nSPS) is 15.2. The Morgan fingerprint density at radius 3 is 2.08 bits per heavy atom. The van der Waals surface area contributed by atoms with E-state index in [2.05, 4.69) is 13.8 Å². The summed E-state index contributed by atoms with van der Waals surface area (Å²) in [6.45, 7) is 7.68.